The zero-order chi connectivity index (χ0) is 20.2. The molecule has 28 heavy (non-hydrogen) atoms. The van der Waals surface area contributed by atoms with Gasteiger partial charge in [-0.25, -0.2) is 4.79 Å². The smallest absolute Gasteiger partial charge is 0.340 e. The molecule has 0 fully saturated rings. The molecule has 0 unspecified atom stereocenters. The lowest BCUT2D eigenvalue weighted by Crippen LogP contribution is -2.25. The molecule has 0 saturated carbocycles. The maximum atomic E-state index is 10.8. The molecule has 0 aromatic heterocycles. The van der Waals surface area contributed by atoms with Gasteiger partial charge in [0, 0.05) is 0 Å². The Kier molecular flexibility index (Phi) is 9.87. The minimum Gasteiger partial charge on any atom is -0.479 e. The lowest BCUT2D eigenvalue weighted by Gasteiger charge is -2.13. The number of aliphatic carboxylic acids is 1. The van der Waals surface area contributed by atoms with Crippen LogP contribution in [0.2, 0.25) is 0 Å². The molecule has 1 N–H and O–H groups in total. The van der Waals surface area contributed by atoms with Crippen LogP contribution in [0.25, 0.3) is 11.1 Å². The predicted octanol–water partition coefficient (Wildman–Crippen LogP) is 7.67. The summed E-state index contributed by atoms with van der Waals surface area (Å²) in [7, 11) is 0. The predicted molar refractivity (Wildman–Crippen MR) is 119 cm³/mol. The van der Waals surface area contributed by atoms with Crippen LogP contribution in [0.5, 0.6) is 0 Å². The number of aryl methyl sites for hydroxylation is 1. The van der Waals surface area contributed by atoms with Crippen molar-refractivity contribution in [3.05, 3.63) is 60.2 Å². The SMILES string of the molecule is O=C(O)C(Cl)(Cl)CCCCCCCCCCc1ccc(-c2ccccc2)cc1. The van der Waals surface area contributed by atoms with Crippen LogP contribution in [0.1, 0.15) is 63.4 Å². The van der Waals surface area contributed by atoms with Gasteiger partial charge in [0.05, 0.1) is 0 Å². The van der Waals surface area contributed by atoms with E-state index >= 15 is 0 Å². The third-order valence-corrected chi connectivity index (χ3v) is 5.78. The Morgan fingerprint density at radius 3 is 1.79 bits per heavy atom. The van der Waals surface area contributed by atoms with E-state index in [1.165, 1.54) is 48.8 Å². The number of unbranched alkanes of at least 4 members (excludes halogenated alkanes) is 7. The van der Waals surface area contributed by atoms with Crippen molar-refractivity contribution in [3.63, 3.8) is 0 Å². The van der Waals surface area contributed by atoms with Crippen LogP contribution in [0.3, 0.4) is 0 Å². The molecule has 152 valence electrons. The first-order valence-corrected chi connectivity index (χ1v) is 11.0. The topological polar surface area (TPSA) is 37.3 Å². The number of rotatable bonds is 13. The fourth-order valence-corrected chi connectivity index (χ4v) is 3.61. The summed E-state index contributed by atoms with van der Waals surface area (Å²) in [6.07, 6.45) is 10.5. The highest BCUT2D eigenvalue weighted by Gasteiger charge is 2.32. The molecule has 0 radical (unpaired) electrons. The van der Waals surface area contributed by atoms with Crippen LogP contribution in [-0.4, -0.2) is 15.4 Å². The van der Waals surface area contributed by atoms with E-state index in [9.17, 15) is 4.79 Å². The quantitative estimate of drug-likeness (QED) is 0.266. The number of alkyl halides is 2. The highest BCUT2D eigenvalue weighted by molar-refractivity contribution is 6.57. The Hall–Kier alpha value is -1.51. The lowest BCUT2D eigenvalue weighted by molar-refractivity contribution is -0.138. The van der Waals surface area contributed by atoms with Gasteiger partial charge in [0.15, 0.2) is 0 Å². The number of hydrogen-bond acceptors (Lipinski definition) is 1. The molecule has 0 bridgehead atoms. The number of carboxylic acid groups (broad SMARTS) is 1. The minimum atomic E-state index is -1.63. The number of halogens is 2. The van der Waals surface area contributed by atoms with Gasteiger partial charge < -0.3 is 5.11 Å². The molecule has 0 saturated heterocycles. The third kappa shape index (κ3) is 8.24. The first-order valence-electron chi connectivity index (χ1n) is 10.2. The maximum absolute atomic E-state index is 10.8. The van der Waals surface area contributed by atoms with Crippen molar-refractivity contribution in [1.29, 1.82) is 0 Å². The van der Waals surface area contributed by atoms with Crippen molar-refractivity contribution < 1.29 is 9.90 Å². The molecule has 4 heteroatoms. The van der Waals surface area contributed by atoms with Gasteiger partial charge in [0.1, 0.15) is 0 Å². The lowest BCUT2D eigenvalue weighted by atomic mass is 10.0. The van der Waals surface area contributed by atoms with Gasteiger partial charge in [0.25, 0.3) is 0 Å². The van der Waals surface area contributed by atoms with E-state index in [0.717, 1.165) is 25.7 Å². The van der Waals surface area contributed by atoms with Gasteiger partial charge in [-0.05, 0) is 42.4 Å². The molecule has 2 aromatic carbocycles. The van der Waals surface area contributed by atoms with Gasteiger partial charge in [-0.1, -0.05) is 116 Å². The first kappa shape index (κ1) is 22.8. The zero-order valence-electron chi connectivity index (χ0n) is 16.4. The van der Waals surface area contributed by atoms with E-state index in [4.69, 9.17) is 28.3 Å². The second kappa shape index (κ2) is 12.1. The highest BCUT2D eigenvalue weighted by Crippen LogP contribution is 2.28. The van der Waals surface area contributed by atoms with Crippen molar-refractivity contribution in [1.82, 2.24) is 0 Å². The summed E-state index contributed by atoms with van der Waals surface area (Å²) in [4.78, 5) is 10.8. The van der Waals surface area contributed by atoms with Crippen molar-refractivity contribution in [2.24, 2.45) is 0 Å². The van der Waals surface area contributed by atoms with Crippen molar-refractivity contribution in [2.45, 2.75) is 68.5 Å². The second-order valence-electron chi connectivity index (χ2n) is 7.40. The van der Waals surface area contributed by atoms with E-state index in [-0.39, 0.29) is 0 Å². The number of carbonyl (C=O) groups is 1. The Balaban J connectivity index is 1.50. The highest BCUT2D eigenvalue weighted by atomic mass is 35.5. The van der Waals surface area contributed by atoms with Gasteiger partial charge in [-0.3, -0.25) is 0 Å². The fraction of sp³-hybridized carbons (Fsp3) is 0.458. The normalized spacial score (nSPS) is 11.5. The van der Waals surface area contributed by atoms with E-state index in [1.54, 1.807) is 0 Å². The van der Waals surface area contributed by atoms with Crippen molar-refractivity contribution >= 4 is 29.2 Å². The van der Waals surface area contributed by atoms with Crippen LogP contribution in [0.4, 0.5) is 0 Å². The molecule has 0 heterocycles. The standard InChI is InChI=1S/C24H30Cl2O2/c25-24(26,23(27)28)19-11-6-4-2-1-3-5-8-12-20-15-17-22(18-16-20)21-13-9-7-10-14-21/h7,9-10,13-18H,1-6,8,11-12,19H2,(H,27,28). The summed E-state index contributed by atoms with van der Waals surface area (Å²) in [5.74, 6) is -1.15. The van der Waals surface area contributed by atoms with E-state index in [0.29, 0.717) is 6.42 Å². The molecule has 2 rings (SSSR count). The Morgan fingerprint density at radius 2 is 1.21 bits per heavy atom. The van der Waals surface area contributed by atoms with Crippen molar-refractivity contribution in [3.8, 4) is 11.1 Å². The van der Waals surface area contributed by atoms with Crippen molar-refractivity contribution in [2.75, 3.05) is 0 Å². The average Bonchev–Trinajstić information content (AvgIpc) is 2.70. The van der Waals surface area contributed by atoms with Gasteiger partial charge in [0.2, 0.25) is 4.33 Å². The molecule has 0 atom stereocenters. The molecule has 2 aromatic rings. The Morgan fingerprint density at radius 1 is 0.714 bits per heavy atom. The summed E-state index contributed by atoms with van der Waals surface area (Å²) in [5, 5.41) is 8.85. The molecule has 0 aliphatic heterocycles. The first-order chi connectivity index (χ1) is 13.5. The second-order valence-corrected chi connectivity index (χ2v) is 8.88. The number of hydrogen-bond donors (Lipinski definition) is 1. The van der Waals surface area contributed by atoms with E-state index in [2.05, 4.69) is 48.5 Å². The summed E-state index contributed by atoms with van der Waals surface area (Å²) in [5.41, 5.74) is 3.94. The zero-order valence-corrected chi connectivity index (χ0v) is 17.9. The average molecular weight is 421 g/mol. The Labute approximate surface area is 178 Å². The van der Waals surface area contributed by atoms with Crippen LogP contribution >= 0.6 is 23.2 Å². The van der Waals surface area contributed by atoms with Crippen LogP contribution in [-0.2, 0) is 11.2 Å². The van der Waals surface area contributed by atoms with Crippen LogP contribution in [0.15, 0.2) is 54.6 Å². The van der Waals surface area contributed by atoms with Gasteiger partial charge in [-0.2, -0.15) is 0 Å². The molecular formula is C24H30Cl2O2. The summed E-state index contributed by atoms with van der Waals surface area (Å²) < 4.78 is -1.63. The molecule has 0 spiro atoms. The molecule has 0 aliphatic rings. The minimum absolute atomic E-state index is 0.314. The Bertz CT molecular complexity index is 696. The monoisotopic (exact) mass is 420 g/mol. The maximum Gasteiger partial charge on any atom is 0.340 e. The number of carboxylic acids is 1. The molecular weight excluding hydrogens is 391 g/mol. The summed E-state index contributed by atoms with van der Waals surface area (Å²) >= 11 is 11.4. The molecule has 0 amide bonds. The molecule has 0 aliphatic carbocycles. The van der Waals surface area contributed by atoms with E-state index in [1.807, 2.05) is 6.07 Å². The van der Waals surface area contributed by atoms with Crippen LogP contribution in [0, 0.1) is 0 Å². The third-order valence-electron chi connectivity index (χ3n) is 5.08. The largest absolute Gasteiger partial charge is 0.479 e. The summed E-state index contributed by atoms with van der Waals surface area (Å²) in [6, 6.07) is 19.4. The fourth-order valence-electron chi connectivity index (χ4n) is 3.34. The number of benzene rings is 2. The van der Waals surface area contributed by atoms with Crippen LogP contribution < -0.4 is 0 Å². The summed E-state index contributed by atoms with van der Waals surface area (Å²) in [6.45, 7) is 0. The van der Waals surface area contributed by atoms with Gasteiger partial charge >= 0.3 is 5.97 Å². The van der Waals surface area contributed by atoms with Gasteiger partial charge in [-0.15, -0.1) is 0 Å². The molecule has 2 nitrogen and oxygen atoms in total. The van der Waals surface area contributed by atoms with E-state index < -0.39 is 10.3 Å².